The van der Waals surface area contributed by atoms with Crippen molar-refractivity contribution < 1.29 is 9.53 Å². The van der Waals surface area contributed by atoms with E-state index in [-0.39, 0.29) is 12.0 Å². The summed E-state index contributed by atoms with van der Waals surface area (Å²) in [7, 11) is 0. The highest BCUT2D eigenvalue weighted by Gasteiger charge is 1.98. The standard InChI is InChI=1S/C9H18ClNO2/c1-8(2)13-7-3-6-11-9(12)4-5-10/h8H,3-7H2,1-2H3,(H,11,12). The molecule has 0 spiro atoms. The van der Waals surface area contributed by atoms with Gasteiger partial charge in [-0.05, 0) is 20.3 Å². The first-order valence-corrected chi connectivity index (χ1v) is 5.14. The quantitative estimate of drug-likeness (QED) is 0.508. The molecule has 0 unspecified atom stereocenters. The second-order valence-corrected chi connectivity index (χ2v) is 3.44. The SMILES string of the molecule is CC(C)OCCCNC(=O)CCCl. The van der Waals surface area contributed by atoms with Gasteiger partial charge < -0.3 is 10.1 Å². The number of hydrogen-bond acceptors (Lipinski definition) is 2. The van der Waals surface area contributed by atoms with Crippen LogP contribution in [-0.2, 0) is 9.53 Å². The largest absolute Gasteiger partial charge is 0.379 e. The third-order valence-electron chi connectivity index (χ3n) is 1.42. The van der Waals surface area contributed by atoms with Gasteiger partial charge >= 0.3 is 0 Å². The second kappa shape index (κ2) is 8.32. The second-order valence-electron chi connectivity index (χ2n) is 3.06. The molecule has 1 amide bonds. The van der Waals surface area contributed by atoms with E-state index in [1.54, 1.807) is 0 Å². The van der Waals surface area contributed by atoms with Gasteiger partial charge in [0.15, 0.2) is 0 Å². The fraction of sp³-hybridized carbons (Fsp3) is 0.889. The lowest BCUT2D eigenvalue weighted by Gasteiger charge is -2.07. The van der Waals surface area contributed by atoms with Crippen molar-refractivity contribution in [2.45, 2.75) is 32.8 Å². The molecule has 3 nitrogen and oxygen atoms in total. The Morgan fingerprint density at radius 2 is 2.23 bits per heavy atom. The van der Waals surface area contributed by atoms with Gasteiger partial charge in [0.2, 0.25) is 5.91 Å². The van der Waals surface area contributed by atoms with Crippen molar-refractivity contribution in [1.82, 2.24) is 5.32 Å². The average Bonchev–Trinajstić information content (AvgIpc) is 2.03. The van der Waals surface area contributed by atoms with Crippen molar-refractivity contribution >= 4 is 17.5 Å². The molecule has 1 N–H and O–H groups in total. The van der Waals surface area contributed by atoms with Gasteiger partial charge in [0.1, 0.15) is 0 Å². The number of amides is 1. The van der Waals surface area contributed by atoms with Crippen LogP contribution >= 0.6 is 11.6 Å². The molecule has 4 heteroatoms. The fourth-order valence-electron chi connectivity index (χ4n) is 0.793. The Hall–Kier alpha value is -0.280. The van der Waals surface area contributed by atoms with E-state index in [0.29, 0.717) is 25.5 Å². The van der Waals surface area contributed by atoms with Crippen molar-refractivity contribution in [2.24, 2.45) is 0 Å². The number of ether oxygens (including phenoxy) is 1. The summed E-state index contributed by atoms with van der Waals surface area (Å²) in [5, 5.41) is 2.75. The van der Waals surface area contributed by atoms with E-state index in [9.17, 15) is 4.79 Å². The molecular weight excluding hydrogens is 190 g/mol. The van der Waals surface area contributed by atoms with Gasteiger partial charge in [0.25, 0.3) is 0 Å². The molecule has 0 aliphatic rings. The monoisotopic (exact) mass is 207 g/mol. The van der Waals surface area contributed by atoms with Crippen molar-refractivity contribution in [3.63, 3.8) is 0 Å². The van der Waals surface area contributed by atoms with E-state index in [1.165, 1.54) is 0 Å². The molecule has 78 valence electrons. The van der Waals surface area contributed by atoms with Crippen LogP contribution in [0.25, 0.3) is 0 Å². The first-order chi connectivity index (χ1) is 6.16. The molecule has 0 saturated heterocycles. The van der Waals surface area contributed by atoms with Crippen LogP contribution in [0.2, 0.25) is 0 Å². The average molecular weight is 208 g/mol. The summed E-state index contributed by atoms with van der Waals surface area (Å²) in [6.07, 6.45) is 1.51. The molecular formula is C9H18ClNO2. The minimum absolute atomic E-state index is 0.0135. The molecule has 13 heavy (non-hydrogen) atoms. The van der Waals surface area contributed by atoms with Crippen LogP contribution in [0.3, 0.4) is 0 Å². The summed E-state index contributed by atoms with van der Waals surface area (Å²) in [5.41, 5.74) is 0. The van der Waals surface area contributed by atoms with Crippen molar-refractivity contribution in [1.29, 1.82) is 0 Å². The Morgan fingerprint density at radius 1 is 1.54 bits per heavy atom. The molecule has 0 aromatic rings. The molecule has 0 saturated carbocycles. The van der Waals surface area contributed by atoms with Crippen molar-refractivity contribution in [3.05, 3.63) is 0 Å². The van der Waals surface area contributed by atoms with Crippen LogP contribution in [0.1, 0.15) is 26.7 Å². The number of halogens is 1. The van der Waals surface area contributed by atoms with Crippen LogP contribution in [0, 0.1) is 0 Å². The molecule has 0 atom stereocenters. The number of alkyl halides is 1. The molecule has 0 aliphatic carbocycles. The highest BCUT2D eigenvalue weighted by Crippen LogP contribution is 1.90. The highest BCUT2D eigenvalue weighted by molar-refractivity contribution is 6.18. The summed E-state index contributed by atoms with van der Waals surface area (Å²) in [5.74, 6) is 0.397. The highest BCUT2D eigenvalue weighted by atomic mass is 35.5. The lowest BCUT2D eigenvalue weighted by Crippen LogP contribution is -2.25. The zero-order valence-corrected chi connectivity index (χ0v) is 9.06. The fourth-order valence-corrected chi connectivity index (χ4v) is 0.965. The number of carbonyl (C=O) groups is 1. The molecule has 0 rings (SSSR count). The van der Waals surface area contributed by atoms with Crippen LogP contribution in [0.15, 0.2) is 0 Å². The predicted molar refractivity (Wildman–Crippen MR) is 54.1 cm³/mol. The Morgan fingerprint density at radius 3 is 2.77 bits per heavy atom. The molecule has 0 aromatic carbocycles. The first kappa shape index (κ1) is 12.7. The molecule has 0 fully saturated rings. The Bertz CT molecular complexity index is 140. The minimum Gasteiger partial charge on any atom is -0.379 e. The number of rotatable bonds is 7. The van der Waals surface area contributed by atoms with Crippen LogP contribution in [0.4, 0.5) is 0 Å². The number of nitrogens with one attached hydrogen (secondary N) is 1. The summed E-state index contributed by atoms with van der Waals surface area (Å²) in [4.78, 5) is 10.9. The zero-order chi connectivity index (χ0) is 10.1. The topological polar surface area (TPSA) is 38.3 Å². The van der Waals surface area contributed by atoms with Crippen LogP contribution in [-0.4, -0.2) is 31.0 Å². The molecule has 0 radical (unpaired) electrons. The van der Waals surface area contributed by atoms with Gasteiger partial charge in [-0.25, -0.2) is 0 Å². The predicted octanol–water partition coefficient (Wildman–Crippen LogP) is 1.55. The van der Waals surface area contributed by atoms with Crippen molar-refractivity contribution in [3.8, 4) is 0 Å². The molecule has 0 aromatic heterocycles. The molecule has 0 heterocycles. The van der Waals surface area contributed by atoms with Gasteiger partial charge in [-0.2, -0.15) is 0 Å². The van der Waals surface area contributed by atoms with Gasteiger partial charge in [0.05, 0.1) is 6.10 Å². The van der Waals surface area contributed by atoms with Gasteiger partial charge in [-0.3, -0.25) is 4.79 Å². The smallest absolute Gasteiger partial charge is 0.221 e. The first-order valence-electron chi connectivity index (χ1n) is 4.61. The normalized spacial score (nSPS) is 10.5. The number of hydrogen-bond donors (Lipinski definition) is 1. The van der Waals surface area contributed by atoms with Gasteiger partial charge in [0, 0.05) is 25.5 Å². The molecule has 0 bridgehead atoms. The summed E-state index contributed by atoms with van der Waals surface area (Å²) in [6.45, 7) is 5.35. The van der Waals surface area contributed by atoms with Crippen LogP contribution < -0.4 is 5.32 Å². The maximum Gasteiger partial charge on any atom is 0.221 e. The lowest BCUT2D eigenvalue weighted by molar-refractivity contribution is -0.120. The Balaban J connectivity index is 3.11. The van der Waals surface area contributed by atoms with Crippen molar-refractivity contribution in [2.75, 3.05) is 19.0 Å². The Labute approximate surface area is 84.8 Å². The zero-order valence-electron chi connectivity index (χ0n) is 8.31. The number of carbonyl (C=O) groups excluding carboxylic acids is 1. The third-order valence-corrected chi connectivity index (χ3v) is 1.61. The summed E-state index contributed by atoms with van der Waals surface area (Å²) < 4.78 is 5.31. The lowest BCUT2D eigenvalue weighted by atomic mass is 10.4. The van der Waals surface area contributed by atoms with E-state index >= 15 is 0 Å². The van der Waals surface area contributed by atoms with E-state index in [2.05, 4.69) is 5.32 Å². The maximum absolute atomic E-state index is 10.9. The van der Waals surface area contributed by atoms with Gasteiger partial charge in [-0.15, -0.1) is 11.6 Å². The summed E-state index contributed by atoms with van der Waals surface area (Å²) in [6, 6.07) is 0. The maximum atomic E-state index is 10.9. The van der Waals surface area contributed by atoms with Crippen LogP contribution in [0.5, 0.6) is 0 Å². The van der Waals surface area contributed by atoms with E-state index in [0.717, 1.165) is 6.42 Å². The summed E-state index contributed by atoms with van der Waals surface area (Å²) >= 11 is 5.39. The minimum atomic E-state index is 0.0135. The Kier molecular flexibility index (Phi) is 8.14. The third kappa shape index (κ3) is 9.64. The van der Waals surface area contributed by atoms with E-state index in [1.807, 2.05) is 13.8 Å². The van der Waals surface area contributed by atoms with E-state index in [4.69, 9.17) is 16.3 Å². The molecule has 0 aliphatic heterocycles. The van der Waals surface area contributed by atoms with E-state index < -0.39 is 0 Å². The van der Waals surface area contributed by atoms with Gasteiger partial charge in [-0.1, -0.05) is 0 Å².